The maximum atomic E-state index is 12.7. The molecule has 0 spiro atoms. The van der Waals surface area contributed by atoms with Crippen molar-refractivity contribution in [1.82, 2.24) is 14.6 Å². The van der Waals surface area contributed by atoms with Crippen molar-refractivity contribution in [2.45, 2.75) is 19.8 Å². The number of aromatic amines is 1. The Morgan fingerprint density at radius 3 is 2.69 bits per heavy atom. The summed E-state index contributed by atoms with van der Waals surface area (Å²) in [5, 5.41) is 5.18. The molecule has 0 saturated heterocycles. The Balaban J connectivity index is 1.74. The van der Waals surface area contributed by atoms with Gasteiger partial charge in [-0.15, -0.1) is 0 Å². The van der Waals surface area contributed by atoms with E-state index in [4.69, 9.17) is 0 Å². The molecule has 4 rings (SSSR count). The summed E-state index contributed by atoms with van der Waals surface area (Å²) in [6.45, 7) is 4.31. The number of halogens is 1. The van der Waals surface area contributed by atoms with Gasteiger partial charge in [0.25, 0.3) is 5.56 Å². The molecule has 0 atom stereocenters. The van der Waals surface area contributed by atoms with E-state index in [1.807, 2.05) is 30.3 Å². The second-order valence-electron chi connectivity index (χ2n) is 6.50. The fourth-order valence-electron chi connectivity index (χ4n) is 2.90. The molecule has 0 aliphatic carbocycles. The molecule has 26 heavy (non-hydrogen) atoms. The molecule has 130 valence electrons. The van der Waals surface area contributed by atoms with Crippen LogP contribution in [0.1, 0.15) is 30.9 Å². The minimum absolute atomic E-state index is 0.225. The Bertz CT molecular complexity index is 1190. The Hall–Kier alpha value is -2.73. The topological polar surface area (TPSA) is 63.0 Å². The lowest BCUT2D eigenvalue weighted by Gasteiger charge is -2.04. The van der Waals surface area contributed by atoms with E-state index in [-0.39, 0.29) is 5.56 Å². The third-order valence-corrected chi connectivity index (χ3v) is 4.88. The minimum atomic E-state index is -0.225. The van der Waals surface area contributed by atoms with E-state index in [1.165, 1.54) is 16.6 Å². The van der Waals surface area contributed by atoms with Crippen molar-refractivity contribution in [3.63, 3.8) is 0 Å². The molecule has 2 aromatic carbocycles. The smallest absolute Gasteiger partial charge is 0.298 e. The third-order valence-electron chi connectivity index (χ3n) is 4.39. The molecule has 1 N–H and O–H groups in total. The van der Waals surface area contributed by atoms with E-state index >= 15 is 0 Å². The lowest BCUT2D eigenvalue weighted by atomic mass is 10.0. The van der Waals surface area contributed by atoms with Gasteiger partial charge in [0.1, 0.15) is 17.4 Å². The predicted octanol–water partition coefficient (Wildman–Crippen LogP) is 4.65. The van der Waals surface area contributed by atoms with Crippen LogP contribution in [0.2, 0.25) is 0 Å². The van der Waals surface area contributed by atoms with E-state index in [1.54, 1.807) is 6.21 Å². The normalized spacial score (nSPS) is 12.0. The second-order valence-corrected chi connectivity index (χ2v) is 7.41. The number of nitrogens with one attached hydrogen (secondary N) is 1. The van der Waals surface area contributed by atoms with E-state index in [0.29, 0.717) is 17.0 Å². The fraction of sp³-hybridized carbons (Fsp3) is 0.150. The van der Waals surface area contributed by atoms with Crippen molar-refractivity contribution < 1.29 is 0 Å². The van der Waals surface area contributed by atoms with Crippen LogP contribution in [0.15, 0.2) is 63.2 Å². The lowest BCUT2D eigenvalue weighted by Crippen LogP contribution is -2.17. The number of rotatable bonds is 3. The summed E-state index contributed by atoms with van der Waals surface area (Å²) in [6.07, 6.45) is 3.12. The number of nitrogens with zero attached hydrogens (tertiary/aromatic N) is 3. The van der Waals surface area contributed by atoms with Gasteiger partial charge in [-0.1, -0.05) is 54.0 Å². The molecule has 0 fully saturated rings. The van der Waals surface area contributed by atoms with E-state index < -0.39 is 0 Å². The molecule has 0 saturated carbocycles. The first-order valence-electron chi connectivity index (χ1n) is 8.36. The van der Waals surface area contributed by atoms with Gasteiger partial charge >= 0.3 is 0 Å². The number of H-pyrrole nitrogens is 1. The van der Waals surface area contributed by atoms with Crippen LogP contribution in [0.5, 0.6) is 0 Å². The van der Waals surface area contributed by atoms with Gasteiger partial charge in [-0.05, 0) is 35.2 Å². The lowest BCUT2D eigenvalue weighted by molar-refractivity contribution is 0.815. The summed E-state index contributed by atoms with van der Waals surface area (Å²) < 4.78 is 2.20. The van der Waals surface area contributed by atoms with Crippen LogP contribution < -0.4 is 5.56 Å². The maximum absolute atomic E-state index is 12.7. The summed E-state index contributed by atoms with van der Waals surface area (Å²) >= 11 is 3.45. The fourth-order valence-corrected chi connectivity index (χ4v) is 3.26. The molecular weight excluding hydrogens is 392 g/mol. The van der Waals surface area contributed by atoms with E-state index in [9.17, 15) is 4.79 Å². The van der Waals surface area contributed by atoms with Crippen molar-refractivity contribution in [2.24, 2.45) is 5.10 Å². The van der Waals surface area contributed by atoms with Gasteiger partial charge in [0, 0.05) is 15.4 Å². The summed E-state index contributed by atoms with van der Waals surface area (Å²) in [4.78, 5) is 20.3. The van der Waals surface area contributed by atoms with Gasteiger partial charge in [-0.3, -0.25) is 4.79 Å². The minimum Gasteiger partial charge on any atom is -0.349 e. The third kappa shape index (κ3) is 2.97. The SMILES string of the molecule is CC(C)c1ccc(/C=N/n2cnc3c([nH]c4ccc(Br)cc43)c2=O)cc1. The molecule has 0 aliphatic heterocycles. The van der Waals surface area contributed by atoms with Gasteiger partial charge in [-0.2, -0.15) is 9.78 Å². The summed E-state index contributed by atoms with van der Waals surface area (Å²) in [5.74, 6) is 0.484. The van der Waals surface area contributed by atoms with Crippen molar-refractivity contribution in [1.29, 1.82) is 0 Å². The van der Waals surface area contributed by atoms with Gasteiger partial charge in [0.15, 0.2) is 0 Å². The highest BCUT2D eigenvalue weighted by Gasteiger charge is 2.10. The monoisotopic (exact) mass is 408 g/mol. The molecule has 0 amide bonds. The summed E-state index contributed by atoms with van der Waals surface area (Å²) in [6, 6.07) is 13.9. The first kappa shape index (κ1) is 16.7. The zero-order valence-electron chi connectivity index (χ0n) is 14.4. The van der Waals surface area contributed by atoms with Crippen LogP contribution in [0, 0.1) is 0 Å². The van der Waals surface area contributed by atoms with Crippen LogP contribution in [0.25, 0.3) is 21.9 Å². The molecule has 5 nitrogen and oxygen atoms in total. The molecule has 0 unspecified atom stereocenters. The van der Waals surface area contributed by atoms with Crippen molar-refractivity contribution in [3.05, 3.63) is 74.7 Å². The molecule has 4 aromatic rings. The van der Waals surface area contributed by atoms with Crippen molar-refractivity contribution in [2.75, 3.05) is 0 Å². The second kappa shape index (κ2) is 6.53. The largest absolute Gasteiger partial charge is 0.349 e. The summed E-state index contributed by atoms with van der Waals surface area (Å²) in [7, 11) is 0. The van der Waals surface area contributed by atoms with Crippen molar-refractivity contribution in [3.8, 4) is 0 Å². The van der Waals surface area contributed by atoms with Gasteiger partial charge in [-0.25, -0.2) is 4.98 Å². The quantitative estimate of drug-likeness (QED) is 0.501. The van der Waals surface area contributed by atoms with Crippen LogP contribution in [-0.4, -0.2) is 20.9 Å². The molecule has 0 radical (unpaired) electrons. The average Bonchev–Trinajstić information content (AvgIpc) is 3.00. The van der Waals surface area contributed by atoms with Crippen LogP contribution in [0.3, 0.4) is 0 Å². The standard InChI is InChI=1S/C20H17BrN4O/c1-12(2)14-5-3-13(4-6-14)10-23-25-11-22-18-16-9-15(21)7-8-17(16)24-19(18)20(25)26/h3-12,24H,1-2H3/b23-10+. The Morgan fingerprint density at radius 2 is 1.96 bits per heavy atom. The molecule has 2 aromatic heterocycles. The van der Waals surface area contributed by atoms with Gasteiger partial charge in [0.2, 0.25) is 0 Å². The molecular formula is C20H17BrN4O. The zero-order chi connectivity index (χ0) is 18.3. The van der Waals surface area contributed by atoms with Gasteiger partial charge < -0.3 is 4.98 Å². The predicted molar refractivity (Wildman–Crippen MR) is 109 cm³/mol. The number of hydrogen-bond donors (Lipinski definition) is 1. The molecule has 0 aliphatic rings. The van der Waals surface area contributed by atoms with Crippen LogP contribution in [-0.2, 0) is 0 Å². The van der Waals surface area contributed by atoms with Crippen LogP contribution in [0.4, 0.5) is 0 Å². The number of hydrogen-bond acceptors (Lipinski definition) is 3. The number of fused-ring (bicyclic) bond motifs is 3. The first-order valence-corrected chi connectivity index (χ1v) is 9.15. The average molecular weight is 409 g/mol. The Kier molecular flexibility index (Phi) is 4.20. The number of aromatic nitrogens is 3. The Morgan fingerprint density at radius 1 is 1.19 bits per heavy atom. The molecule has 2 heterocycles. The maximum Gasteiger partial charge on any atom is 0.298 e. The van der Waals surface area contributed by atoms with Gasteiger partial charge in [0.05, 0.1) is 6.21 Å². The van der Waals surface area contributed by atoms with E-state index in [0.717, 1.165) is 20.9 Å². The van der Waals surface area contributed by atoms with E-state index in [2.05, 4.69) is 57.0 Å². The first-order chi connectivity index (χ1) is 12.5. The Labute approximate surface area is 158 Å². The summed E-state index contributed by atoms with van der Waals surface area (Å²) in [5.41, 5.74) is 3.96. The van der Waals surface area contributed by atoms with Crippen molar-refractivity contribution >= 4 is 44.1 Å². The molecule has 0 bridgehead atoms. The highest BCUT2D eigenvalue weighted by molar-refractivity contribution is 9.10. The highest BCUT2D eigenvalue weighted by Crippen LogP contribution is 2.24. The van der Waals surface area contributed by atoms with Crippen LogP contribution >= 0.6 is 15.9 Å². The highest BCUT2D eigenvalue weighted by atomic mass is 79.9. The molecule has 6 heteroatoms. The zero-order valence-corrected chi connectivity index (χ0v) is 16.0. The number of benzene rings is 2.